The Hall–Kier alpha value is -2.05. The maximum absolute atomic E-state index is 11.6. The van der Waals surface area contributed by atoms with Gasteiger partial charge in [0.25, 0.3) is 0 Å². The molecular formula is C19H24O10. The van der Waals surface area contributed by atoms with Crippen molar-refractivity contribution in [1.29, 1.82) is 0 Å². The number of fused-ring (bicyclic) bond motifs is 1. The number of ketones is 1. The quantitative estimate of drug-likeness (QED) is 0.246. The van der Waals surface area contributed by atoms with Crippen LogP contribution in [-0.2, 0) is 9.47 Å². The summed E-state index contributed by atoms with van der Waals surface area (Å²) in [7, 11) is 0. The highest BCUT2D eigenvalue weighted by Crippen LogP contribution is 2.42. The molecule has 2 aliphatic rings. The standard InChI is InChI=1S/C19H24O10/c1-7(6-27-19-17(26)16(25)15(24)13(5-20)29-19)18-14(23)10-3-11(22)9(8(2)21)4-12(10)28-18/h3-4,13-20,22-26H,1,5-6H2,2H3/t13-,14-,15-,16+,17-,18+,19-/m1/s1. The van der Waals surface area contributed by atoms with Crippen molar-refractivity contribution in [3.05, 3.63) is 35.4 Å². The van der Waals surface area contributed by atoms with Crippen molar-refractivity contribution >= 4 is 5.78 Å². The van der Waals surface area contributed by atoms with Gasteiger partial charge in [-0.25, -0.2) is 0 Å². The number of phenols is 1. The first kappa shape index (κ1) is 21.7. The van der Waals surface area contributed by atoms with E-state index < -0.39 is 49.5 Å². The fourth-order valence-corrected chi connectivity index (χ4v) is 3.35. The van der Waals surface area contributed by atoms with Crippen LogP contribution >= 0.6 is 0 Å². The molecule has 1 aromatic carbocycles. The summed E-state index contributed by atoms with van der Waals surface area (Å²) in [6, 6.07) is 2.59. The number of rotatable bonds is 6. The minimum atomic E-state index is -1.58. The highest BCUT2D eigenvalue weighted by atomic mass is 16.7. The lowest BCUT2D eigenvalue weighted by molar-refractivity contribution is -0.299. The summed E-state index contributed by atoms with van der Waals surface area (Å²) in [5, 5.41) is 59.2. The number of aliphatic hydroxyl groups is 5. The van der Waals surface area contributed by atoms with Gasteiger partial charge in [0.15, 0.2) is 18.2 Å². The monoisotopic (exact) mass is 412 g/mol. The van der Waals surface area contributed by atoms with Gasteiger partial charge in [0.05, 0.1) is 18.8 Å². The zero-order chi connectivity index (χ0) is 21.5. The Kier molecular flexibility index (Phi) is 6.24. The second kappa shape index (κ2) is 8.36. The van der Waals surface area contributed by atoms with E-state index in [1.54, 1.807) is 0 Å². The molecule has 2 heterocycles. The van der Waals surface area contributed by atoms with Gasteiger partial charge in [-0.2, -0.15) is 0 Å². The van der Waals surface area contributed by atoms with E-state index in [1.165, 1.54) is 19.1 Å². The van der Waals surface area contributed by atoms with Crippen molar-refractivity contribution in [3.8, 4) is 11.5 Å². The summed E-state index contributed by atoms with van der Waals surface area (Å²) >= 11 is 0. The van der Waals surface area contributed by atoms with Gasteiger partial charge in [-0.1, -0.05) is 6.58 Å². The molecule has 160 valence electrons. The number of aliphatic hydroxyl groups excluding tert-OH is 5. The van der Waals surface area contributed by atoms with E-state index in [0.29, 0.717) is 0 Å². The summed E-state index contributed by atoms with van der Waals surface area (Å²) in [6.07, 6.45) is -9.24. The second-order valence-electron chi connectivity index (χ2n) is 7.11. The third kappa shape index (κ3) is 4.01. The first-order chi connectivity index (χ1) is 13.6. The molecule has 1 saturated heterocycles. The number of phenolic OH excluding ortho intramolecular Hbond substituents is 1. The van der Waals surface area contributed by atoms with Gasteiger partial charge in [-0.3, -0.25) is 4.79 Å². The predicted molar refractivity (Wildman–Crippen MR) is 96.3 cm³/mol. The molecule has 2 aliphatic heterocycles. The molecule has 1 aromatic rings. The van der Waals surface area contributed by atoms with Crippen molar-refractivity contribution in [2.75, 3.05) is 13.2 Å². The molecule has 29 heavy (non-hydrogen) atoms. The third-order valence-corrected chi connectivity index (χ3v) is 5.05. The molecule has 0 aromatic heterocycles. The molecule has 3 rings (SSSR count). The number of ether oxygens (including phenoxy) is 3. The number of Topliss-reactive ketones (excluding diaryl/α,β-unsaturated/α-hetero) is 1. The molecule has 0 amide bonds. The molecule has 0 bridgehead atoms. The van der Waals surface area contributed by atoms with Crippen LogP contribution in [0, 0.1) is 0 Å². The van der Waals surface area contributed by atoms with Crippen molar-refractivity contribution < 1.29 is 49.6 Å². The second-order valence-corrected chi connectivity index (χ2v) is 7.11. The molecular weight excluding hydrogens is 388 g/mol. The Balaban J connectivity index is 1.66. The largest absolute Gasteiger partial charge is 0.507 e. The average molecular weight is 412 g/mol. The normalized spacial score (nSPS) is 33.8. The molecule has 1 fully saturated rings. The van der Waals surface area contributed by atoms with Gasteiger partial charge in [-0.15, -0.1) is 0 Å². The van der Waals surface area contributed by atoms with Crippen LogP contribution in [0.3, 0.4) is 0 Å². The van der Waals surface area contributed by atoms with Gasteiger partial charge in [0.1, 0.15) is 42.0 Å². The number of aromatic hydroxyl groups is 1. The van der Waals surface area contributed by atoms with E-state index in [-0.39, 0.29) is 40.6 Å². The minimum Gasteiger partial charge on any atom is -0.507 e. The highest BCUT2D eigenvalue weighted by Gasteiger charge is 2.44. The average Bonchev–Trinajstić information content (AvgIpc) is 3.00. The molecule has 0 aliphatic carbocycles. The van der Waals surface area contributed by atoms with Crippen LogP contribution in [-0.4, -0.2) is 86.4 Å². The first-order valence-corrected chi connectivity index (χ1v) is 8.98. The van der Waals surface area contributed by atoms with Crippen molar-refractivity contribution in [2.24, 2.45) is 0 Å². The van der Waals surface area contributed by atoms with Crippen molar-refractivity contribution in [2.45, 2.75) is 49.8 Å². The Morgan fingerprint density at radius 2 is 1.86 bits per heavy atom. The van der Waals surface area contributed by atoms with Crippen molar-refractivity contribution in [3.63, 3.8) is 0 Å². The van der Waals surface area contributed by atoms with Crippen LogP contribution in [0.4, 0.5) is 0 Å². The fourth-order valence-electron chi connectivity index (χ4n) is 3.35. The molecule has 0 unspecified atom stereocenters. The maximum Gasteiger partial charge on any atom is 0.187 e. The molecule has 6 N–H and O–H groups in total. The molecule has 0 spiro atoms. The molecule has 0 radical (unpaired) electrons. The van der Waals surface area contributed by atoms with Crippen LogP contribution < -0.4 is 4.74 Å². The molecule has 10 nitrogen and oxygen atoms in total. The Labute approximate surface area is 166 Å². The number of hydrogen-bond donors (Lipinski definition) is 6. The Bertz CT molecular complexity index is 791. The van der Waals surface area contributed by atoms with Gasteiger partial charge in [0, 0.05) is 5.56 Å². The summed E-state index contributed by atoms with van der Waals surface area (Å²) in [5.74, 6) is -0.418. The first-order valence-electron chi connectivity index (χ1n) is 8.98. The number of hydrogen-bond acceptors (Lipinski definition) is 10. The Morgan fingerprint density at radius 1 is 1.17 bits per heavy atom. The fraction of sp³-hybridized carbons (Fsp3) is 0.526. The van der Waals surface area contributed by atoms with E-state index in [1.807, 2.05) is 0 Å². The smallest absolute Gasteiger partial charge is 0.187 e. The third-order valence-electron chi connectivity index (χ3n) is 5.05. The van der Waals surface area contributed by atoms with E-state index >= 15 is 0 Å². The van der Waals surface area contributed by atoms with Crippen LogP contribution in [0.1, 0.15) is 28.9 Å². The van der Waals surface area contributed by atoms with E-state index in [9.17, 15) is 35.4 Å². The van der Waals surface area contributed by atoms with E-state index in [0.717, 1.165) is 0 Å². The van der Waals surface area contributed by atoms with Crippen molar-refractivity contribution in [1.82, 2.24) is 0 Å². The van der Waals surface area contributed by atoms with Crippen LogP contribution in [0.5, 0.6) is 11.5 Å². The lowest BCUT2D eigenvalue weighted by Crippen LogP contribution is -2.59. The van der Waals surface area contributed by atoms with Crippen LogP contribution in [0.25, 0.3) is 0 Å². The molecule has 10 heteroatoms. The molecule has 7 atom stereocenters. The highest BCUT2D eigenvalue weighted by molar-refractivity contribution is 5.97. The van der Waals surface area contributed by atoms with Crippen LogP contribution in [0.2, 0.25) is 0 Å². The zero-order valence-electron chi connectivity index (χ0n) is 15.6. The van der Waals surface area contributed by atoms with Gasteiger partial charge >= 0.3 is 0 Å². The number of carbonyl (C=O) groups excluding carboxylic acids is 1. The Morgan fingerprint density at radius 3 is 2.48 bits per heavy atom. The predicted octanol–water partition coefficient (Wildman–Crippen LogP) is -1.24. The SMILES string of the molecule is C=C(CO[C@@H]1O[C@H](CO)[C@@H](O)[C@H](O)[C@H]1O)[C@@H]1Oc2cc(C(C)=O)c(O)cc2[C@H]1O. The number of benzene rings is 1. The summed E-state index contributed by atoms with van der Waals surface area (Å²) in [5.41, 5.74) is 0.598. The lowest BCUT2D eigenvalue weighted by Gasteiger charge is -2.39. The van der Waals surface area contributed by atoms with E-state index in [4.69, 9.17) is 14.2 Å². The summed E-state index contributed by atoms with van der Waals surface area (Å²) in [6.45, 7) is 4.25. The van der Waals surface area contributed by atoms with Crippen LogP contribution in [0.15, 0.2) is 24.3 Å². The van der Waals surface area contributed by atoms with Gasteiger partial charge < -0.3 is 44.8 Å². The minimum absolute atomic E-state index is 0.0554. The molecule has 0 saturated carbocycles. The zero-order valence-corrected chi connectivity index (χ0v) is 15.6. The van der Waals surface area contributed by atoms with Gasteiger partial charge in [-0.05, 0) is 24.6 Å². The van der Waals surface area contributed by atoms with Gasteiger partial charge in [0.2, 0.25) is 0 Å². The van der Waals surface area contributed by atoms with E-state index in [2.05, 4.69) is 6.58 Å². The topological polar surface area (TPSA) is 166 Å². The summed E-state index contributed by atoms with van der Waals surface area (Å²) < 4.78 is 16.3. The lowest BCUT2D eigenvalue weighted by atomic mass is 9.99. The maximum atomic E-state index is 11.6. The number of carbonyl (C=O) groups is 1. The summed E-state index contributed by atoms with van der Waals surface area (Å²) in [4.78, 5) is 11.6.